The van der Waals surface area contributed by atoms with E-state index in [1.54, 1.807) is 0 Å². The normalized spacial score (nSPS) is 11.7. The first-order chi connectivity index (χ1) is 10.3. The number of thioether (sulfide) groups is 1. The lowest BCUT2D eigenvalue weighted by Crippen LogP contribution is -2.09. The van der Waals surface area contributed by atoms with Crippen LogP contribution in [0.15, 0.2) is 23.2 Å². The van der Waals surface area contributed by atoms with E-state index in [4.69, 9.17) is 11.6 Å². The van der Waals surface area contributed by atoms with Gasteiger partial charge < -0.3 is 0 Å². The molecule has 0 unspecified atom stereocenters. The Morgan fingerprint density at radius 2 is 2.09 bits per heavy atom. The molecule has 0 radical (unpaired) electrons. The third kappa shape index (κ3) is 3.27. The first-order valence-corrected chi connectivity index (χ1v) is 7.27. The van der Waals surface area contributed by atoms with Gasteiger partial charge in [-0.3, -0.25) is 9.48 Å². The molecule has 0 N–H and O–H groups in total. The van der Waals surface area contributed by atoms with E-state index in [1.807, 2.05) is 0 Å². The Labute approximate surface area is 132 Å². The van der Waals surface area contributed by atoms with Crippen LogP contribution in [0.25, 0.3) is 0 Å². The highest BCUT2D eigenvalue weighted by molar-refractivity contribution is 7.98. The number of alkyl halides is 3. The standard InChI is InChI=1S/C13H9ClF4N2OS/c1-20-12(7(5-21)11(19-20)13(16,17)18)22-6-8-9(14)3-2-4-10(8)15/h2-5H,6H2,1H3. The summed E-state index contributed by atoms with van der Waals surface area (Å²) in [6.07, 6.45) is -4.64. The van der Waals surface area contributed by atoms with Gasteiger partial charge in [0.05, 0.1) is 5.56 Å². The van der Waals surface area contributed by atoms with Gasteiger partial charge in [0, 0.05) is 23.4 Å². The molecule has 0 bridgehead atoms. The Hall–Kier alpha value is -1.54. The minimum absolute atomic E-state index is 0.00152. The smallest absolute Gasteiger partial charge is 0.298 e. The van der Waals surface area contributed by atoms with E-state index in [0.29, 0.717) is 0 Å². The Morgan fingerprint density at radius 3 is 2.64 bits per heavy atom. The maximum atomic E-state index is 13.7. The van der Waals surface area contributed by atoms with Gasteiger partial charge in [0.15, 0.2) is 12.0 Å². The molecule has 9 heteroatoms. The molecular weight excluding hydrogens is 344 g/mol. The largest absolute Gasteiger partial charge is 0.435 e. The zero-order valence-corrected chi connectivity index (χ0v) is 12.7. The van der Waals surface area contributed by atoms with Gasteiger partial charge in [-0.25, -0.2) is 4.39 Å². The fraction of sp³-hybridized carbons (Fsp3) is 0.231. The lowest BCUT2D eigenvalue weighted by atomic mass is 10.2. The molecule has 2 rings (SSSR count). The molecule has 1 heterocycles. The first-order valence-electron chi connectivity index (χ1n) is 5.90. The van der Waals surface area contributed by atoms with E-state index in [-0.39, 0.29) is 27.7 Å². The Kier molecular flexibility index (Phi) is 4.81. The van der Waals surface area contributed by atoms with Gasteiger partial charge in [-0.2, -0.15) is 18.3 Å². The molecular formula is C13H9ClF4N2OS. The molecule has 1 aromatic heterocycles. The number of carbonyl (C=O) groups is 1. The van der Waals surface area contributed by atoms with Crippen LogP contribution in [0.1, 0.15) is 21.6 Å². The second-order valence-electron chi connectivity index (χ2n) is 4.30. The van der Waals surface area contributed by atoms with Crippen molar-refractivity contribution in [1.29, 1.82) is 0 Å². The summed E-state index contributed by atoms with van der Waals surface area (Å²) in [5.41, 5.74) is -1.67. The van der Waals surface area contributed by atoms with Crippen molar-refractivity contribution in [1.82, 2.24) is 9.78 Å². The van der Waals surface area contributed by atoms with Crippen molar-refractivity contribution < 1.29 is 22.4 Å². The zero-order valence-electron chi connectivity index (χ0n) is 11.1. The Morgan fingerprint density at radius 1 is 1.41 bits per heavy atom. The summed E-state index contributed by atoms with van der Waals surface area (Å²) < 4.78 is 53.0. The highest BCUT2D eigenvalue weighted by Crippen LogP contribution is 2.36. The maximum absolute atomic E-state index is 13.7. The Balaban J connectivity index is 2.35. The number of halogens is 5. The van der Waals surface area contributed by atoms with Crippen LogP contribution in [-0.4, -0.2) is 16.1 Å². The summed E-state index contributed by atoms with van der Waals surface area (Å²) in [4.78, 5) is 11.0. The monoisotopic (exact) mass is 352 g/mol. The van der Waals surface area contributed by atoms with Crippen molar-refractivity contribution in [2.24, 2.45) is 7.05 Å². The minimum atomic E-state index is -4.73. The molecule has 0 aliphatic carbocycles. The molecule has 0 amide bonds. The lowest BCUT2D eigenvalue weighted by Gasteiger charge is -2.06. The molecule has 3 nitrogen and oxygen atoms in total. The summed E-state index contributed by atoms with van der Waals surface area (Å²) >= 11 is 6.72. The second-order valence-corrected chi connectivity index (χ2v) is 5.67. The molecule has 22 heavy (non-hydrogen) atoms. The number of nitrogens with zero attached hydrogens (tertiary/aromatic N) is 2. The quantitative estimate of drug-likeness (QED) is 0.466. The predicted octanol–water partition coefficient (Wildman–Crippen LogP) is 4.34. The molecule has 0 fully saturated rings. The summed E-state index contributed by atoms with van der Waals surface area (Å²) in [6, 6.07) is 4.10. The average molecular weight is 353 g/mol. The van der Waals surface area contributed by atoms with E-state index in [2.05, 4.69) is 5.10 Å². The topological polar surface area (TPSA) is 34.9 Å². The van der Waals surface area contributed by atoms with Gasteiger partial charge in [0.25, 0.3) is 0 Å². The van der Waals surface area contributed by atoms with Crippen molar-refractivity contribution in [3.05, 3.63) is 45.9 Å². The highest BCUT2D eigenvalue weighted by atomic mass is 35.5. The number of hydrogen-bond donors (Lipinski definition) is 0. The van der Waals surface area contributed by atoms with Crippen molar-refractivity contribution in [3.63, 3.8) is 0 Å². The molecule has 0 saturated heterocycles. The van der Waals surface area contributed by atoms with Crippen LogP contribution >= 0.6 is 23.4 Å². The number of carbonyl (C=O) groups excluding carboxylic acids is 1. The lowest BCUT2D eigenvalue weighted by molar-refractivity contribution is -0.141. The number of hydrogen-bond acceptors (Lipinski definition) is 3. The van der Waals surface area contributed by atoms with Crippen molar-refractivity contribution in [2.45, 2.75) is 17.0 Å². The number of aldehydes is 1. The first kappa shape index (κ1) is 16.8. The zero-order chi connectivity index (χ0) is 16.5. The fourth-order valence-electron chi connectivity index (χ4n) is 1.82. The van der Waals surface area contributed by atoms with Crippen LogP contribution in [0.2, 0.25) is 5.02 Å². The molecule has 0 aliphatic heterocycles. The molecule has 2 aromatic rings. The second kappa shape index (κ2) is 6.29. The van der Waals surface area contributed by atoms with Gasteiger partial charge in [0.1, 0.15) is 10.8 Å². The minimum Gasteiger partial charge on any atom is -0.298 e. The summed E-state index contributed by atoms with van der Waals surface area (Å²) in [7, 11) is 1.29. The van der Waals surface area contributed by atoms with Gasteiger partial charge in [-0.15, -0.1) is 11.8 Å². The summed E-state index contributed by atoms with van der Waals surface area (Å²) in [5, 5.41) is 3.49. The SMILES string of the molecule is Cn1nc(C(F)(F)F)c(C=O)c1SCc1c(F)cccc1Cl. The van der Waals surface area contributed by atoms with Gasteiger partial charge in [0.2, 0.25) is 0 Å². The van der Waals surface area contributed by atoms with Gasteiger partial charge in [-0.05, 0) is 12.1 Å². The van der Waals surface area contributed by atoms with Crippen LogP contribution < -0.4 is 0 Å². The average Bonchev–Trinajstić information content (AvgIpc) is 2.75. The van der Waals surface area contributed by atoms with Crippen molar-refractivity contribution >= 4 is 29.6 Å². The van der Waals surface area contributed by atoms with Crippen LogP contribution in [0.3, 0.4) is 0 Å². The van der Waals surface area contributed by atoms with E-state index in [9.17, 15) is 22.4 Å². The molecule has 118 valence electrons. The molecule has 1 aromatic carbocycles. The number of aryl methyl sites for hydroxylation is 1. The predicted molar refractivity (Wildman–Crippen MR) is 74.6 cm³/mol. The molecule has 0 atom stereocenters. The summed E-state index contributed by atoms with van der Waals surface area (Å²) in [5.74, 6) is -0.589. The third-order valence-corrected chi connectivity index (χ3v) is 4.38. The maximum Gasteiger partial charge on any atom is 0.435 e. The fourth-order valence-corrected chi connectivity index (χ4v) is 3.23. The van der Waals surface area contributed by atoms with E-state index >= 15 is 0 Å². The van der Waals surface area contributed by atoms with Crippen LogP contribution in [0.4, 0.5) is 17.6 Å². The van der Waals surface area contributed by atoms with E-state index in [0.717, 1.165) is 16.4 Å². The van der Waals surface area contributed by atoms with E-state index in [1.165, 1.54) is 25.2 Å². The number of benzene rings is 1. The highest BCUT2D eigenvalue weighted by Gasteiger charge is 2.39. The van der Waals surface area contributed by atoms with Gasteiger partial charge >= 0.3 is 6.18 Å². The van der Waals surface area contributed by atoms with Crippen LogP contribution in [-0.2, 0) is 19.0 Å². The van der Waals surface area contributed by atoms with Crippen LogP contribution in [0.5, 0.6) is 0 Å². The van der Waals surface area contributed by atoms with Crippen molar-refractivity contribution in [2.75, 3.05) is 0 Å². The summed E-state index contributed by atoms with van der Waals surface area (Å²) in [6.45, 7) is 0. The Bertz CT molecular complexity index is 695. The van der Waals surface area contributed by atoms with E-state index < -0.39 is 23.3 Å². The number of aromatic nitrogens is 2. The molecule has 0 aliphatic rings. The third-order valence-electron chi connectivity index (χ3n) is 2.83. The van der Waals surface area contributed by atoms with Crippen LogP contribution in [0, 0.1) is 5.82 Å². The van der Waals surface area contributed by atoms with Crippen molar-refractivity contribution in [3.8, 4) is 0 Å². The van der Waals surface area contributed by atoms with Gasteiger partial charge in [-0.1, -0.05) is 17.7 Å². The molecule has 0 saturated carbocycles. The molecule has 0 spiro atoms. The number of rotatable bonds is 4.